The quantitative estimate of drug-likeness (QED) is 0.580. The summed E-state index contributed by atoms with van der Waals surface area (Å²) in [6.45, 7) is 5.99. The van der Waals surface area contributed by atoms with Crippen molar-refractivity contribution >= 4 is 45.3 Å². The molecule has 1 amide bonds. The topological polar surface area (TPSA) is 68.0 Å². The fourth-order valence-corrected chi connectivity index (χ4v) is 3.26. The summed E-state index contributed by atoms with van der Waals surface area (Å²) in [5, 5.41) is 3.85. The highest BCUT2D eigenvalue weighted by Crippen LogP contribution is 2.28. The lowest BCUT2D eigenvalue weighted by atomic mass is 10.0. The molecule has 2 aromatic heterocycles. The number of fused-ring (bicyclic) bond motifs is 2. The molecule has 0 radical (unpaired) electrons. The highest BCUT2D eigenvalue weighted by atomic mass is 32.1. The normalized spacial score (nSPS) is 11.3. The molecule has 2 aromatic carbocycles. The number of aromatic nitrogens is 2. The molecule has 2 heterocycles. The van der Waals surface area contributed by atoms with Crippen LogP contribution in [0.1, 0.15) is 27.2 Å². The standard InChI is InChI=1S/C18H15N3O2S/c1-9-6-13-11(3)17(23-16(13)7-10(9)2)18(22)19-12-4-5-14-15(8-12)21-24-20-14/h4-8H,1-3H3,(H,19,22). The molecule has 5 nitrogen and oxygen atoms in total. The van der Waals surface area contributed by atoms with Crippen molar-refractivity contribution in [2.45, 2.75) is 20.8 Å². The zero-order valence-electron chi connectivity index (χ0n) is 13.5. The predicted octanol–water partition coefficient (Wildman–Crippen LogP) is 4.62. The van der Waals surface area contributed by atoms with Gasteiger partial charge < -0.3 is 9.73 Å². The van der Waals surface area contributed by atoms with Crippen LogP contribution in [-0.4, -0.2) is 14.7 Å². The first-order chi connectivity index (χ1) is 11.5. The number of hydrogen-bond donors (Lipinski definition) is 1. The molecule has 120 valence electrons. The van der Waals surface area contributed by atoms with E-state index in [1.54, 1.807) is 0 Å². The van der Waals surface area contributed by atoms with Gasteiger partial charge in [-0.1, -0.05) is 0 Å². The first kappa shape index (κ1) is 14.8. The molecular weight excluding hydrogens is 322 g/mol. The summed E-state index contributed by atoms with van der Waals surface area (Å²) in [6.07, 6.45) is 0. The van der Waals surface area contributed by atoms with Crippen molar-refractivity contribution in [1.82, 2.24) is 8.75 Å². The molecule has 4 rings (SSSR count). The van der Waals surface area contributed by atoms with E-state index in [0.29, 0.717) is 11.4 Å². The summed E-state index contributed by atoms with van der Waals surface area (Å²) in [7, 11) is 0. The summed E-state index contributed by atoms with van der Waals surface area (Å²) in [5.41, 5.74) is 6.17. The Morgan fingerprint density at radius 1 is 1.04 bits per heavy atom. The maximum absolute atomic E-state index is 12.6. The summed E-state index contributed by atoms with van der Waals surface area (Å²) >= 11 is 1.15. The third kappa shape index (κ3) is 2.35. The van der Waals surface area contributed by atoms with Crippen LogP contribution in [0.5, 0.6) is 0 Å². The van der Waals surface area contributed by atoms with Crippen molar-refractivity contribution in [2.24, 2.45) is 0 Å². The largest absolute Gasteiger partial charge is 0.451 e. The van der Waals surface area contributed by atoms with Gasteiger partial charge in [-0.2, -0.15) is 8.75 Å². The molecule has 0 atom stereocenters. The smallest absolute Gasteiger partial charge is 0.291 e. The molecule has 6 heteroatoms. The van der Waals surface area contributed by atoms with Crippen molar-refractivity contribution in [2.75, 3.05) is 5.32 Å². The lowest BCUT2D eigenvalue weighted by Gasteiger charge is -2.03. The first-order valence-corrected chi connectivity index (χ1v) is 8.30. The van der Waals surface area contributed by atoms with Gasteiger partial charge >= 0.3 is 0 Å². The van der Waals surface area contributed by atoms with Crippen LogP contribution in [0.25, 0.3) is 22.0 Å². The fraction of sp³-hybridized carbons (Fsp3) is 0.167. The van der Waals surface area contributed by atoms with E-state index in [2.05, 4.69) is 27.1 Å². The van der Waals surface area contributed by atoms with E-state index >= 15 is 0 Å². The molecule has 0 aliphatic rings. The minimum Gasteiger partial charge on any atom is -0.451 e. The van der Waals surface area contributed by atoms with Crippen molar-refractivity contribution in [3.63, 3.8) is 0 Å². The minimum absolute atomic E-state index is 0.262. The van der Waals surface area contributed by atoms with Crippen molar-refractivity contribution < 1.29 is 9.21 Å². The predicted molar refractivity (Wildman–Crippen MR) is 95.8 cm³/mol. The van der Waals surface area contributed by atoms with Gasteiger partial charge in [0.2, 0.25) is 0 Å². The van der Waals surface area contributed by atoms with Crippen LogP contribution >= 0.6 is 11.7 Å². The lowest BCUT2D eigenvalue weighted by Crippen LogP contribution is -2.12. The molecule has 0 bridgehead atoms. The zero-order valence-corrected chi connectivity index (χ0v) is 14.3. The highest BCUT2D eigenvalue weighted by molar-refractivity contribution is 7.00. The Kier molecular flexibility index (Phi) is 3.35. The van der Waals surface area contributed by atoms with E-state index in [-0.39, 0.29) is 5.91 Å². The Hall–Kier alpha value is -2.73. The number of benzene rings is 2. The number of furan rings is 1. The second-order valence-corrected chi connectivity index (χ2v) is 6.44. The number of carbonyl (C=O) groups is 1. The SMILES string of the molecule is Cc1cc2oc(C(=O)Nc3ccc4nsnc4c3)c(C)c2cc1C. The number of rotatable bonds is 2. The maximum atomic E-state index is 12.6. The second kappa shape index (κ2) is 5.42. The van der Waals surface area contributed by atoms with Crippen LogP contribution in [0.2, 0.25) is 0 Å². The van der Waals surface area contributed by atoms with Crippen LogP contribution in [0, 0.1) is 20.8 Å². The Balaban J connectivity index is 1.71. The molecule has 1 N–H and O–H groups in total. The molecule has 0 saturated carbocycles. The lowest BCUT2D eigenvalue weighted by molar-refractivity contribution is 0.0998. The summed E-state index contributed by atoms with van der Waals surface area (Å²) in [6, 6.07) is 9.50. The molecule has 0 fully saturated rings. The molecule has 0 saturated heterocycles. The van der Waals surface area contributed by atoms with Crippen molar-refractivity contribution in [3.8, 4) is 0 Å². The minimum atomic E-state index is -0.262. The number of nitrogens with zero attached hydrogens (tertiary/aromatic N) is 2. The van der Waals surface area contributed by atoms with Crippen molar-refractivity contribution in [3.05, 3.63) is 52.8 Å². The highest BCUT2D eigenvalue weighted by Gasteiger charge is 2.18. The van der Waals surface area contributed by atoms with Crippen molar-refractivity contribution in [1.29, 1.82) is 0 Å². The maximum Gasteiger partial charge on any atom is 0.291 e. The number of amides is 1. The average Bonchev–Trinajstić information content (AvgIpc) is 3.13. The van der Waals surface area contributed by atoms with E-state index in [1.165, 1.54) is 5.56 Å². The fourth-order valence-electron chi connectivity index (χ4n) is 2.74. The van der Waals surface area contributed by atoms with Gasteiger partial charge in [-0.25, -0.2) is 0 Å². The van der Waals surface area contributed by atoms with Crippen LogP contribution < -0.4 is 5.32 Å². The number of aryl methyl sites for hydroxylation is 3. The first-order valence-electron chi connectivity index (χ1n) is 7.57. The van der Waals surface area contributed by atoms with Crippen LogP contribution in [0.3, 0.4) is 0 Å². The third-order valence-corrected chi connectivity index (χ3v) is 4.83. The van der Waals surface area contributed by atoms with Gasteiger partial charge in [-0.15, -0.1) is 0 Å². The Bertz CT molecular complexity index is 1090. The molecule has 0 unspecified atom stereocenters. The third-order valence-electron chi connectivity index (χ3n) is 4.27. The van der Waals surface area contributed by atoms with Crippen LogP contribution in [0.4, 0.5) is 5.69 Å². The van der Waals surface area contributed by atoms with Gasteiger partial charge in [-0.3, -0.25) is 4.79 Å². The summed E-state index contributed by atoms with van der Waals surface area (Å²) in [4.78, 5) is 12.6. The van der Waals surface area contributed by atoms with Gasteiger partial charge in [-0.05, 0) is 62.2 Å². The van der Waals surface area contributed by atoms with E-state index in [4.69, 9.17) is 4.42 Å². The van der Waals surface area contributed by atoms with Gasteiger partial charge in [0, 0.05) is 16.6 Å². The Morgan fingerprint density at radius 2 is 1.79 bits per heavy atom. The van der Waals surface area contributed by atoms with Gasteiger partial charge in [0.15, 0.2) is 5.76 Å². The number of nitrogens with one attached hydrogen (secondary N) is 1. The van der Waals surface area contributed by atoms with E-state index in [9.17, 15) is 4.79 Å². The van der Waals surface area contributed by atoms with E-state index < -0.39 is 0 Å². The van der Waals surface area contributed by atoms with Gasteiger partial charge in [0.25, 0.3) is 5.91 Å². The van der Waals surface area contributed by atoms with Crippen LogP contribution in [-0.2, 0) is 0 Å². The monoisotopic (exact) mass is 337 g/mol. The Labute approximate surface area is 142 Å². The molecule has 24 heavy (non-hydrogen) atoms. The zero-order chi connectivity index (χ0) is 16.8. The summed E-state index contributed by atoms with van der Waals surface area (Å²) < 4.78 is 14.1. The van der Waals surface area contributed by atoms with E-state index in [1.807, 2.05) is 38.1 Å². The average molecular weight is 337 g/mol. The number of anilines is 1. The molecule has 0 aliphatic heterocycles. The summed E-state index contributed by atoms with van der Waals surface area (Å²) in [5.74, 6) is 0.0769. The van der Waals surface area contributed by atoms with Gasteiger partial charge in [0.05, 0.1) is 11.7 Å². The molecule has 4 aromatic rings. The van der Waals surface area contributed by atoms with Crippen LogP contribution in [0.15, 0.2) is 34.7 Å². The number of carbonyl (C=O) groups excluding carboxylic acids is 1. The van der Waals surface area contributed by atoms with E-state index in [0.717, 1.165) is 44.9 Å². The van der Waals surface area contributed by atoms with Gasteiger partial charge in [0.1, 0.15) is 16.6 Å². The molecular formula is C18H15N3O2S. The molecule has 0 spiro atoms. The Morgan fingerprint density at radius 3 is 2.62 bits per heavy atom. The number of hydrogen-bond acceptors (Lipinski definition) is 5. The molecule has 0 aliphatic carbocycles. The second-order valence-electron chi connectivity index (χ2n) is 5.91.